The van der Waals surface area contributed by atoms with Gasteiger partial charge >= 0.3 is 5.97 Å². The number of hydrogen-bond acceptors (Lipinski definition) is 4. The van der Waals surface area contributed by atoms with Crippen molar-refractivity contribution in [1.29, 1.82) is 0 Å². The number of carbonyl (C=O) groups excluding carboxylic acids is 2. The van der Waals surface area contributed by atoms with Crippen molar-refractivity contribution in [3.63, 3.8) is 0 Å². The largest absolute Gasteiger partial charge is 0.469 e. The lowest BCUT2D eigenvalue weighted by Crippen LogP contribution is -1.99. The molecule has 0 rings (SSSR count). The number of allylic oxidation sites excluding steroid dienone is 2. The summed E-state index contributed by atoms with van der Waals surface area (Å²) in [5, 5.41) is 0. The van der Waals surface area contributed by atoms with Crippen molar-refractivity contribution in [1.82, 2.24) is 0 Å². The molecule has 0 spiro atoms. The van der Waals surface area contributed by atoms with Gasteiger partial charge < -0.3 is 9.47 Å². The SMILES string of the molecule is CCOC(=O)/C=C/O/C(C)=C/C(C)=O. The van der Waals surface area contributed by atoms with Gasteiger partial charge in [-0.2, -0.15) is 0 Å². The standard InChI is InChI=1S/C10H14O4/c1-4-13-10(12)5-6-14-9(3)7-8(2)11/h5-7H,4H2,1-3H3/b6-5+,9-7+. The van der Waals surface area contributed by atoms with Crippen LogP contribution in [0, 0.1) is 0 Å². The molecule has 4 nitrogen and oxygen atoms in total. The molecule has 0 radical (unpaired) electrons. The fourth-order valence-corrected chi connectivity index (χ4v) is 0.708. The summed E-state index contributed by atoms with van der Waals surface area (Å²) in [4.78, 5) is 21.4. The maximum absolute atomic E-state index is 10.8. The van der Waals surface area contributed by atoms with E-state index >= 15 is 0 Å². The van der Waals surface area contributed by atoms with Crippen LogP contribution in [-0.2, 0) is 19.1 Å². The van der Waals surface area contributed by atoms with Crippen LogP contribution < -0.4 is 0 Å². The predicted octanol–water partition coefficient (Wildman–Crippen LogP) is 1.57. The van der Waals surface area contributed by atoms with E-state index in [4.69, 9.17) is 4.74 Å². The zero-order chi connectivity index (χ0) is 11.0. The van der Waals surface area contributed by atoms with Crippen molar-refractivity contribution in [2.24, 2.45) is 0 Å². The third kappa shape index (κ3) is 7.09. The summed E-state index contributed by atoms with van der Waals surface area (Å²) >= 11 is 0. The quantitative estimate of drug-likeness (QED) is 0.382. The highest BCUT2D eigenvalue weighted by Gasteiger charge is 1.94. The third-order valence-electron chi connectivity index (χ3n) is 1.15. The van der Waals surface area contributed by atoms with Crippen LogP contribution in [0.25, 0.3) is 0 Å². The normalized spacial score (nSPS) is 11.5. The zero-order valence-corrected chi connectivity index (χ0v) is 8.57. The van der Waals surface area contributed by atoms with Crippen molar-refractivity contribution >= 4 is 11.8 Å². The molecule has 0 saturated heterocycles. The van der Waals surface area contributed by atoms with Crippen LogP contribution >= 0.6 is 0 Å². The summed E-state index contributed by atoms with van der Waals surface area (Å²) < 4.78 is 9.54. The van der Waals surface area contributed by atoms with Gasteiger partial charge in [-0.05, 0) is 20.8 Å². The molecule has 0 N–H and O–H groups in total. The van der Waals surface area contributed by atoms with E-state index in [2.05, 4.69) is 4.74 Å². The molecular formula is C10H14O4. The van der Waals surface area contributed by atoms with Gasteiger partial charge in [0.1, 0.15) is 5.76 Å². The van der Waals surface area contributed by atoms with Gasteiger partial charge in [-0.15, -0.1) is 0 Å². The summed E-state index contributed by atoms with van der Waals surface area (Å²) in [5.74, 6) is -0.145. The molecule has 0 bridgehead atoms. The highest BCUT2D eigenvalue weighted by Crippen LogP contribution is 1.96. The number of esters is 1. The molecule has 0 aliphatic carbocycles. The average Bonchev–Trinajstić information content (AvgIpc) is 2.02. The van der Waals surface area contributed by atoms with Gasteiger partial charge in [0.25, 0.3) is 0 Å². The lowest BCUT2D eigenvalue weighted by molar-refractivity contribution is -0.137. The number of ether oxygens (including phenoxy) is 2. The van der Waals surface area contributed by atoms with E-state index in [1.165, 1.54) is 19.3 Å². The first-order valence-corrected chi connectivity index (χ1v) is 4.25. The molecule has 0 aliphatic rings. The lowest BCUT2D eigenvalue weighted by atomic mass is 10.4. The van der Waals surface area contributed by atoms with Crippen LogP contribution in [0.3, 0.4) is 0 Å². The molecule has 78 valence electrons. The van der Waals surface area contributed by atoms with Crippen molar-refractivity contribution in [2.75, 3.05) is 6.61 Å². The summed E-state index contributed by atoms with van der Waals surface area (Å²) in [6.45, 7) is 5.08. The Hall–Kier alpha value is -1.58. The first-order valence-electron chi connectivity index (χ1n) is 4.25. The smallest absolute Gasteiger partial charge is 0.333 e. The van der Waals surface area contributed by atoms with Gasteiger partial charge in [0, 0.05) is 6.08 Å². The topological polar surface area (TPSA) is 52.6 Å². The second-order valence-electron chi connectivity index (χ2n) is 2.54. The predicted molar refractivity (Wildman–Crippen MR) is 51.3 cm³/mol. The van der Waals surface area contributed by atoms with Crippen LogP contribution in [0.2, 0.25) is 0 Å². The van der Waals surface area contributed by atoms with E-state index < -0.39 is 5.97 Å². The highest BCUT2D eigenvalue weighted by molar-refractivity contribution is 5.87. The van der Waals surface area contributed by atoms with Crippen LogP contribution in [0.1, 0.15) is 20.8 Å². The van der Waals surface area contributed by atoms with Crippen LogP contribution in [0.4, 0.5) is 0 Å². The fraction of sp³-hybridized carbons (Fsp3) is 0.400. The fourth-order valence-electron chi connectivity index (χ4n) is 0.708. The molecule has 0 amide bonds. The Morgan fingerprint density at radius 1 is 1.29 bits per heavy atom. The monoisotopic (exact) mass is 198 g/mol. The summed E-state index contributed by atoms with van der Waals surface area (Å²) in [6, 6.07) is 0. The molecule has 0 atom stereocenters. The van der Waals surface area contributed by atoms with Crippen molar-refractivity contribution in [3.05, 3.63) is 24.2 Å². The lowest BCUT2D eigenvalue weighted by Gasteiger charge is -1.98. The minimum atomic E-state index is -0.469. The van der Waals surface area contributed by atoms with Crippen molar-refractivity contribution in [3.8, 4) is 0 Å². The molecule has 0 saturated carbocycles. The number of hydrogen-bond donors (Lipinski definition) is 0. The van der Waals surface area contributed by atoms with E-state index in [9.17, 15) is 9.59 Å². The minimum absolute atomic E-state index is 0.105. The van der Waals surface area contributed by atoms with Gasteiger partial charge in [0.2, 0.25) is 0 Å². The number of ketones is 1. The Morgan fingerprint density at radius 3 is 2.43 bits per heavy atom. The highest BCUT2D eigenvalue weighted by atomic mass is 16.5. The van der Waals surface area contributed by atoms with E-state index in [1.807, 2.05) is 0 Å². The Morgan fingerprint density at radius 2 is 1.93 bits per heavy atom. The Balaban J connectivity index is 3.93. The van der Waals surface area contributed by atoms with Crippen molar-refractivity contribution in [2.45, 2.75) is 20.8 Å². The molecule has 0 aromatic rings. The zero-order valence-electron chi connectivity index (χ0n) is 8.57. The second-order valence-corrected chi connectivity index (χ2v) is 2.54. The Labute approximate surface area is 83.2 Å². The first-order chi connectivity index (χ1) is 6.56. The van der Waals surface area contributed by atoms with Crippen LogP contribution in [0.15, 0.2) is 24.2 Å². The van der Waals surface area contributed by atoms with Gasteiger partial charge in [-0.3, -0.25) is 4.79 Å². The van der Waals surface area contributed by atoms with Crippen LogP contribution in [-0.4, -0.2) is 18.4 Å². The Kier molecular flexibility index (Phi) is 6.11. The molecule has 14 heavy (non-hydrogen) atoms. The van der Waals surface area contributed by atoms with E-state index in [1.54, 1.807) is 13.8 Å². The van der Waals surface area contributed by atoms with Gasteiger partial charge in [0.05, 0.1) is 18.9 Å². The molecule has 0 aromatic heterocycles. The maximum atomic E-state index is 10.8. The van der Waals surface area contributed by atoms with Gasteiger partial charge in [-0.1, -0.05) is 0 Å². The molecule has 4 heteroatoms. The molecular weight excluding hydrogens is 184 g/mol. The van der Waals surface area contributed by atoms with E-state index in [0.29, 0.717) is 12.4 Å². The summed E-state index contributed by atoms with van der Waals surface area (Å²) in [5.41, 5.74) is 0. The molecule has 0 heterocycles. The summed E-state index contributed by atoms with van der Waals surface area (Å²) in [7, 11) is 0. The number of rotatable bonds is 5. The molecule has 0 aromatic carbocycles. The van der Waals surface area contributed by atoms with Crippen molar-refractivity contribution < 1.29 is 19.1 Å². The van der Waals surface area contributed by atoms with E-state index in [0.717, 1.165) is 6.08 Å². The summed E-state index contributed by atoms with van der Waals surface area (Å²) in [6.07, 6.45) is 3.67. The first kappa shape index (κ1) is 12.4. The molecule has 0 unspecified atom stereocenters. The number of carbonyl (C=O) groups is 2. The molecule has 0 fully saturated rings. The maximum Gasteiger partial charge on any atom is 0.333 e. The molecule has 0 aliphatic heterocycles. The Bertz CT molecular complexity index is 263. The van der Waals surface area contributed by atoms with Crippen LogP contribution in [0.5, 0.6) is 0 Å². The average molecular weight is 198 g/mol. The third-order valence-corrected chi connectivity index (χ3v) is 1.15. The minimum Gasteiger partial charge on any atom is -0.469 e. The second kappa shape index (κ2) is 6.88. The van der Waals surface area contributed by atoms with Gasteiger partial charge in [-0.25, -0.2) is 4.79 Å². The van der Waals surface area contributed by atoms with E-state index in [-0.39, 0.29) is 5.78 Å². The van der Waals surface area contributed by atoms with Gasteiger partial charge in [0.15, 0.2) is 5.78 Å².